The van der Waals surface area contributed by atoms with Gasteiger partial charge in [0.25, 0.3) is 0 Å². The second-order valence-electron chi connectivity index (χ2n) is 3.62. The van der Waals surface area contributed by atoms with Crippen molar-refractivity contribution in [1.29, 1.82) is 0 Å². The zero-order valence-corrected chi connectivity index (χ0v) is 9.40. The average molecular weight is 213 g/mol. The Hall–Kier alpha value is -0.940. The van der Waals surface area contributed by atoms with Gasteiger partial charge >= 0.3 is 0 Å². The molecule has 5 heteroatoms. The SMILES string of the molecule is CCOCc1noc(CCC(C)CN)n1. The first-order valence-corrected chi connectivity index (χ1v) is 5.35. The molecule has 0 bridgehead atoms. The van der Waals surface area contributed by atoms with E-state index in [9.17, 15) is 0 Å². The molecule has 1 aromatic heterocycles. The van der Waals surface area contributed by atoms with E-state index in [2.05, 4.69) is 17.1 Å². The highest BCUT2D eigenvalue weighted by Gasteiger charge is 2.07. The van der Waals surface area contributed by atoms with Crippen molar-refractivity contribution in [1.82, 2.24) is 10.1 Å². The Morgan fingerprint density at radius 2 is 2.33 bits per heavy atom. The number of hydrogen-bond acceptors (Lipinski definition) is 5. The van der Waals surface area contributed by atoms with E-state index in [-0.39, 0.29) is 0 Å². The average Bonchev–Trinajstić information content (AvgIpc) is 2.71. The lowest BCUT2D eigenvalue weighted by molar-refractivity contribution is 0.126. The lowest BCUT2D eigenvalue weighted by atomic mass is 10.1. The van der Waals surface area contributed by atoms with Crippen LogP contribution < -0.4 is 5.73 Å². The summed E-state index contributed by atoms with van der Waals surface area (Å²) in [5.41, 5.74) is 5.52. The van der Waals surface area contributed by atoms with Gasteiger partial charge < -0.3 is 15.0 Å². The molecule has 1 atom stereocenters. The van der Waals surface area contributed by atoms with Gasteiger partial charge in [0.2, 0.25) is 5.89 Å². The molecule has 0 aliphatic carbocycles. The maximum Gasteiger partial charge on any atom is 0.226 e. The van der Waals surface area contributed by atoms with Crippen molar-refractivity contribution in [3.63, 3.8) is 0 Å². The Morgan fingerprint density at radius 3 is 3.00 bits per heavy atom. The molecule has 0 aromatic carbocycles. The molecule has 86 valence electrons. The van der Waals surface area contributed by atoms with Crippen molar-refractivity contribution in [3.8, 4) is 0 Å². The Labute approximate surface area is 90.0 Å². The van der Waals surface area contributed by atoms with E-state index in [1.807, 2.05) is 6.92 Å². The molecule has 15 heavy (non-hydrogen) atoms. The quantitative estimate of drug-likeness (QED) is 0.735. The molecule has 0 fully saturated rings. The van der Waals surface area contributed by atoms with Gasteiger partial charge in [0.05, 0.1) is 0 Å². The summed E-state index contributed by atoms with van der Waals surface area (Å²) in [7, 11) is 0. The molecule has 0 aliphatic heterocycles. The monoisotopic (exact) mass is 213 g/mol. The molecule has 2 N–H and O–H groups in total. The number of nitrogens with zero attached hydrogens (tertiary/aromatic N) is 2. The Bertz CT molecular complexity index is 275. The molecule has 5 nitrogen and oxygen atoms in total. The van der Waals surface area contributed by atoms with Crippen LogP contribution in [0.4, 0.5) is 0 Å². The molecular formula is C10H19N3O2. The number of rotatable bonds is 7. The van der Waals surface area contributed by atoms with Crippen molar-refractivity contribution >= 4 is 0 Å². The molecule has 0 saturated heterocycles. The van der Waals surface area contributed by atoms with Gasteiger partial charge in [-0.3, -0.25) is 0 Å². The van der Waals surface area contributed by atoms with E-state index in [1.165, 1.54) is 0 Å². The van der Waals surface area contributed by atoms with Crippen molar-refractivity contribution in [3.05, 3.63) is 11.7 Å². The maximum atomic E-state index is 5.52. The minimum Gasteiger partial charge on any atom is -0.374 e. The second-order valence-corrected chi connectivity index (χ2v) is 3.62. The Balaban J connectivity index is 2.32. The van der Waals surface area contributed by atoms with Gasteiger partial charge in [0.15, 0.2) is 5.82 Å². The smallest absolute Gasteiger partial charge is 0.226 e. The predicted molar refractivity (Wildman–Crippen MR) is 56.2 cm³/mol. The molecule has 1 rings (SSSR count). The summed E-state index contributed by atoms with van der Waals surface area (Å²) >= 11 is 0. The number of aryl methyl sites for hydroxylation is 1. The first kappa shape index (κ1) is 12.1. The molecule has 1 aromatic rings. The zero-order chi connectivity index (χ0) is 11.1. The van der Waals surface area contributed by atoms with Crippen LogP contribution in [0.2, 0.25) is 0 Å². The van der Waals surface area contributed by atoms with Gasteiger partial charge in [-0.15, -0.1) is 0 Å². The third kappa shape index (κ3) is 4.40. The predicted octanol–water partition coefficient (Wildman–Crippen LogP) is 1.13. The van der Waals surface area contributed by atoms with Crippen molar-refractivity contribution in [2.75, 3.05) is 13.2 Å². The van der Waals surface area contributed by atoms with E-state index in [0.29, 0.717) is 37.4 Å². The molecule has 1 unspecified atom stereocenters. The van der Waals surface area contributed by atoms with E-state index < -0.39 is 0 Å². The fourth-order valence-corrected chi connectivity index (χ4v) is 1.13. The van der Waals surface area contributed by atoms with E-state index >= 15 is 0 Å². The third-order valence-corrected chi connectivity index (χ3v) is 2.20. The van der Waals surface area contributed by atoms with Crippen molar-refractivity contribution < 1.29 is 9.26 Å². The number of nitrogens with two attached hydrogens (primary N) is 1. The molecule has 0 aliphatic rings. The lowest BCUT2D eigenvalue weighted by Gasteiger charge is -2.03. The first-order valence-electron chi connectivity index (χ1n) is 5.35. The van der Waals surface area contributed by atoms with Crippen LogP contribution in [-0.2, 0) is 17.8 Å². The molecule has 0 saturated carbocycles. The van der Waals surface area contributed by atoms with Crippen molar-refractivity contribution in [2.24, 2.45) is 11.7 Å². The molecular weight excluding hydrogens is 194 g/mol. The molecule has 0 spiro atoms. The molecule has 0 amide bonds. The Kier molecular flexibility index (Phi) is 5.28. The van der Waals surface area contributed by atoms with Crippen molar-refractivity contribution in [2.45, 2.75) is 33.3 Å². The third-order valence-electron chi connectivity index (χ3n) is 2.20. The number of aromatic nitrogens is 2. The van der Waals surface area contributed by atoms with E-state index in [4.69, 9.17) is 15.0 Å². The van der Waals surface area contributed by atoms with Gasteiger partial charge in [-0.1, -0.05) is 12.1 Å². The summed E-state index contributed by atoms with van der Waals surface area (Å²) in [5.74, 6) is 1.78. The second kappa shape index (κ2) is 6.53. The molecule has 0 radical (unpaired) electrons. The topological polar surface area (TPSA) is 74.2 Å². The normalized spacial score (nSPS) is 13.0. The molecule has 1 heterocycles. The highest BCUT2D eigenvalue weighted by atomic mass is 16.5. The van der Waals surface area contributed by atoms with E-state index in [0.717, 1.165) is 12.8 Å². The van der Waals surface area contributed by atoms with Crippen LogP contribution in [-0.4, -0.2) is 23.3 Å². The van der Waals surface area contributed by atoms with Crippen LogP contribution >= 0.6 is 0 Å². The fourth-order valence-electron chi connectivity index (χ4n) is 1.13. The standard InChI is InChI=1S/C10H19N3O2/c1-3-14-7-9-12-10(15-13-9)5-4-8(2)6-11/h8H,3-7,11H2,1-2H3. The van der Waals surface area contributed by atoms with Gasteiger partial charge in [0, 0.05) is 13.0 Å². The Morgan fingerprint density at radius 1 is 1.53 bits per heavy atom. The van der Waals surface area contributed by atoms with Gasteiger partial charge in [-0.25, -0.2) is 0 Å². The highest BCUT2D eigenvalue weighted by Crippen LogP contribution is 2.07. The highest BCUT2D eigenvalue weighted by molar-refractivity contribution is 4.84. The van der Waals surface area contributed by atoms with E-state index in [1.54, 1.807) is 0 Å². The summed E-state index contributed by atoms with van der Waals surface area (Å²) in [6.45, 7) is 5.82. The van der Waals surface area contributed by atoms with Gasteiger partial charge in [-0.2, -0.15) is 4.98 Å². The lowest BCUT2D eigenvalue weighted by Crippen LogP contribution is -2.11. The van der Waals surface area contributed by atoms with Crippen LogP contribution in [0.15, 0.2) is 4.52 Å². The number of ether oxygens (including phenoxy) is 1. The number of hydrogen-bond donors (Lipinski definition) is 1. The summed E-state index contributed by atoms with van der Waals surface area (Å²) in [4.78, 5) is 4.21. The minimum absolute atomic E-state index is 0.423. The summed E-state index contributed by atoms with van der Waals surface area (Å²) < 4.78 is 10.2. The largest absolute Gasteiger partial charge is 0.374 e. The van der Waals surface area contributed by atoms with Crippen LogP contribution in [0.1, 0.15) is 32.0 Å². The van der Waals surface area contributed by atoms with Crippen LogP contribution in [0.3, 0.4) is 0 Å². The first-order chi connectivity index (χ1) is 7.26. The van der Waals surface area contributed by atoms with Crippen LogP contribution in [0, 0.1) is 5.92 Å². The summed E-state index contributed by atoms with van der Waals surface area (Å²) in [6.07, 6.45) is 1.77. The fraction of sp³-hybridized carbons (Fsp3) is 0.800. The van der Waals surface area contributed by atoms with Crippen LogP contribution in [0.25, 0.3) is 0 Å². The van der Waals surface area contributed by atoms with Gasteiger partial charge in [-0.05, 0) is 25.8 Å². The minimum atomic E-state index is 0.423. The summed E-state index contributed by atoms with van der Waals surface area (Å²) in [5, 5.41) is 3.82. The van der Waals surface area contributed by atoms with Gasteiger partial charge in [0.1, 0.15) is 6.61 Å². The van der Waals surface area contributed by atoms with Crippen LogP contribution in [0.5, 0.6) is 0 Å². The summed E-state index contributed by atoms with van der Waals surface area (Å²) in [6, 6.07) is 0. The zero-order valence-electron chi connectivity index (χ0n) is 9.40. The maximum absolute atomic E-state index is 5.52.